The van der Waals surface area contributed by atoms with Crippen LogP contribution in [0.4, 0.5) is 0 Å². The fraction of sp³-hybridized carbons (Fsp3) is 1.00. The van der Waals surface area contributed by atoms with E-state index in [1.165, 1.54) is 12.8 Å². The first-order valence-electron chi connectivity index (χ1n) is 5.01. The Kier molecular flexibility index (Phi) is 2.36. The van der Waals surface area contributed by atoms with E-state index in [9.17, 15) is 8.42 Å². The minimum atomic E-state index is -2.70. The molecule has 1 saturated heterocycles. The van der Waals surface area contributed by atoms with Crippen LogP contribution in [0.3, 0.4) is 0 Å². The normalized spacial score (nSPS) is 43.0. The van der Waals surface area contributed by atoms with Crippen LogP contribution in [-0.2, 0) is 9.84 Å². The Bertz CT molecular complexity index is 280. The molecule has 1 unspecified atom stereocenters. The summed E-state index contributed by atoms with van der Waals surface area (Å²) in [5.41, 5.74) is 0. The molecule has 0 aromatic rings. The molecule has 2 fully saturated rings. The van der Waals surface area contributed by atoms with Gasteiger partial charge in [0.15, 0.2) is 9.84 Å². The lowest BCUT2D eigenvalue weighted by molar-refractivity contribution is 0.227. The van der Waals surface area contributed by atoms with Gasteiger partial charge in [-0.1, -0.05) is 6.92 Å². The summed E-state index contributed by atoms with van der Waals surface area (Å²) in [4.78, 5) is 0. The molecule has 0 aromatic carbocycles. The molecule has 1 saturated carbocycles. The monoisotopic (exact) mass is 203 g/mol. The van der Waals surface area contributed by atoms with Crippen molar-refractivity contribution in [3.8, 4) is 0 Å². The molecule has 0 bridgehead atoms. The van der Waals surface area contributed by atoms with E-state index in [0.29, 0.717) is 17.5 Å². The van der Waals surface area contributed by atoms with Crippen molar-refractivity contribution in [3.05, 3.63) is 0 Å². The Labute approximate surface area is 79.8 Å². The van der Waals surface area contributed by atoms with Crippen molar-refractivity contribution in [2.75, 3.05) is 11.5 Å². The van der Waals surface area contributed by atoms with Crippen LogP contribution in [0.2, 0.25) is 0 Å². The summed E-state index contributed by atoms with van der Waals surface area (Å²) >= 11 is 0. The van der Waals surface area contributed by atoms with Gasteiger partial charge >= 0.3 is 0 Å². The van der Waals surface area contributed by atoms with E-state index in [2.05, 4.69) is 12.2 Å². The summed E-state index contributed by atoms with van der Waals surface area (Å²) in [7, 11) is -2.70. The van der Waals surface area contributed by atoms with Crippen LogP contribution in [0.1, 0.15) is 26.2 Å². The third-order valence-corrected chi connectivity index (χ3v) is 4.85. The Morgan fingerprint density at radius 1 is 1.23 bits per heavy atom. The van der Waals surface area contributed by atoms with Gasteiger partial charge < -0.3 is 5.32 Å². The van der Waals surface area contributed by atoms with Crippen molar-refractivity contribution in [2.24, 2.45) is 5.92 Å². The smallest absolute Gasteiger partial charge is 0.151 e. The van der Waals surface area contributed by atoms with Gasteiger partial charge in [-0.05, 0) is 25.2 Å². The highest BCUT2D eigenvalue weighted by atomic mass is 32.2. The first-order valence-corrected chi connectivity index (χ1v) is 6.84. The number of hydrogen-bond acceptors (Lipinski definition) is 3. The molecule has 1 N–H and O–H groups in total. The molecular weight excluding hydrogens is 186 g/mol. The SMILES string of the molecule is CC1CC(NC2CCS(=O)(=O)C2)C1. The lowest BCUT2D eigenvalue weighted by Crippen LogP contribution is -2.46. The molecule has 1 heterocycles. The molecular formula is C9H17NO2S. The highest BCUT2D eigenvalue weighted by Crippen LogP contribution is 2.27. The third kappa shape index (κ3) is 2.23. The minimum absolute atomic E-state index is 0.238. The summed E-state index contributed by atoms with van der Waals surface area (Å²) < 4.78 is 22.3. The van der Waals surface area contributed by atoms with E-state index in [0.717, 1.165) is 12.3 Å². The van der Waals surface area contributed by atoms with Crippen molar-refractivity contribution >= 4 is 9.84 Å². The van der Waals surface area contributed by atoms with E-state index in [1.807, 2.05) is 0 Å². The quantitative estimate of drug-likeness (QED) is 0.713. The van der Waals surface area contributed by atoms with E-state index in [1.54, 1.807) is 0 Å². The van der Waals surface area contributed by atoms with Gasteiger partial charge in [0.2, 0.25) is 0 Å². The number of hydrogen-bond donors (Lipinski definition) is 1. The Morgan fingerprint density at radius 2 is 1.92 bits per heavy atom. The average molecular weight is 203 g/mol. The number of rotatable bonds is 2. The van der Waals surface area contributed by atoms with Gasteiger partial charge in [-0.15, -0.1) is 0 Å². The summed E-state index contributed by atoms with van der Waals surface area (Å²) in [6, 6.07) is 0.829. The standard InChI is InChI=1S/C9H17NO2S/c1-7-4-9(5-7)10-8-2-3-13(11,12)6-8/h7-10H,2-6H2,1H3. The number of sulfone groups is 1. The molecule has 4 heteroatoms. The maximum atomic E-state index is 11.2. The highest BCUT2D eigenvalue weighted by molar-refractivity contribution is 7.91. The van der Waals surface area contributed by atoms with Gasteiger partial charge in [-0.25, -0.2) is 8.42 Å². The zero-order chi connectivity index (χ0) is 9.47. The Balaban J connectivity index is 1.78. The van der Waals surface area contributed by atoms with Crippen LogP contribution in [0, 0.1) is 5.92 Å². The molecule has 2 rings (SSSR count). The predicted octanol–water partition coefficient (Wildman–Crippen LogP) is 0.562. The molecule has 76 valence electrons. The van der Waals surface area contributed by atoms with Crippen molar-refractivity contribution in [3.63, 3.8) is 0 Å². The van der Waals surface area contributed by atoms with Gasteiger partial charge in [-0.3, -0.25) is 0 Å². The van der Waals surface area contributed by atoms with E-state index >= 15 is 0 Å². The van der Waals surface area contributed by atoms with E-state index < -0.39 is 9.84 Å². The molecule has 1 aliphatic heterocycles. The zero-order valence-corrected chi connectivity index (χ0v) is 8.81. The van der Waals surface area contributed by atoms with Gasteiger partial charge in [-0.2, -0.15) is 0 Å². The van der Waals surface area contributed by atoms with Crippen LogP contribution in [0.25, 0.3) is 0 Å². The Hall–Kier alpha value is -0.0900. The average Bonchev–Trinajstić information content (AvgIpc) is 2.27. The number of nitrogens with one attached hydrogen (secondary N) is 1. The molecule has 2 aliphatic rings. The van der Waals surface area contributed by atoms with Gasteiger partial charge in [0.1, 0.15) is 0 Å². The predicted molar refractivity (Wildman–Crippen MR) is 52.4 cm³/mol. The fourth-order valence-corrected chi connectivity index (χ4v) is 3.98. The van der Waals surface area contributed by atoms with Crippen molar-refractivity contribution in [1.82, 2.24) is 5.32 Å². The molecule has 1 aliphatic carbocycles. The van der Waals surface area contributed by atoms with Crippen molar-refractivity contribution in [1.29, 1.82) is 0 Å². The second-order valence-corrected chi connectivity index (χ2v) is 6.77. The summed E-state index contributed by atoms with van der Waals surface area (Å²) in [5.74, 6) is 1.57. The van der Waals surface area contributed by atoms with Crippen LogP contribution >= 0.6 is 0 Å². The molecule has 13 heavy (non-hydrogen) atoms. The van der Waals surface area contributed by atoms with Gasteiger partial charge in [0.05, 0.1) is 11.5 Å². The highest BCUT2D eigenvalue weighted by Gasteiger charge is 2.32. The largest absolute Gasteiger partial charge is 0.310 e. The van der Waals surface area contributed by atoms with Crippen LogP contribution in [0.5, 0.6) is 0 Å². The second kappa shape index (κ2) is 3.24. The molecule has 0 amide bonds. The van der Waals surface area contributed by atoms with Crippen LogP contribution < -0.4 is 5.32 Å². The summed E-state index contributed by atoms with van der Waals surface area (Å²) in [6.07, 6.45) is 3.25. The third-order valence-electron chi connectivity index (χ3n) is 3.08. The van der Waals surface area contributed by atoms with Gasteiger partial charge in [0.25, 0.3) is 0 Å². The summed E-state index contributed by atoms with van der Waals surface area (Å²) in [6.45, 7) is 2.24. The van der Waals surface area contributed by atoms with Crippen molar-refractivity contribution in [2.45, 2.75) is 38.3 Å². The van der Waals surface area contributed by atoms with Crippen molar-refractivity contribution < 1.29 is 8.42 Å². The lowest BCUT2D eigenvalue weighted by atomic mass is 9.81. The minimum Gasteiger partial charge on any atom is -0.310 e. The Morgan fingerprint density at radius 3 is 2.38 bits per heavy atom. The van der Waals surface area contributed by atoms with Crippen LogP contribution in [0.15, 0.2) is 0 Å². The second-order valence-electron chi connectivity index (χ2n) is 4.54. The van der Waals surface area contributed by atoms with Gasteiger partial charge in [0, 0.05) is 12.1 Å². The van der Waals surface area contributed by atoms with E-state index in [4.69, 9.17) is 0 Å². The first kappa shape index (κ1) is 9.46. The molecule has 3 nitrogen and oxygen atoms in total. The first-order chi connectivity index (χ1) is 6.05. The zero-order valence-electron chi connectivity index (χ0n) is 7.99. The maximum Gasteiger partial charge on any atom is 0.151 e. The summed E-state index contributed by atoms with van der Waals surface area (Å²) in [5, 5.41) is 3.42. The van der Waals surface area contributed by atoms with Crippen LogP contribution in [-0.4, -0.2) is 32.0 Å². The molecule has 0 aromatic heterocycles. The van der Waals surface area contributed by atoms with E-state index in [-0.39, 0.29) is 6.04 Å². The molecule has 0 radical (unpaired) electrons. The molecule has 1 atom stereocenters. The topological polar surface area (TPSA) is 46.2 Å². The maximum absolute atomic E-state index is 11.2. The molecule has 0 spiro atoms. The fourth-order valence-electron chi connectivity index (χ4n) is 2.30. The lowest BCUT2D eigenvalue weighted by Gasteiger charge is -2.35.